The number of fused-ring (bicyclic) bond motifs is 3. The average Bonchev–Trinajstić information content (AvgIpc) is 2.95. The van der Waals surface area contributed by atoms with E-state index in [-0.39, 0.29) is 0 Å². The van der Waals surface area contributed by atoms with Gasteiger partial charge in [-0.2, -0.15) is 0 Å². The summed E-state index contributed by atoms with van der Waals surface area (Å²) in [5, 5.41) is 1.28. The molecule has 2 aliphatic heterocycles. The molecule has 1 unspecified atom stereocenters. The summed E-state index contributed by atoms with van der Waals surface area (Å²) >= 11 is 12.8. The smallest absolute Gasteiger partial charge is 0.202 e. The third kappa shape index (κ3) is 2.33. The number of rotatable bonds is 1. The molecule has 4 nitrogen and oxygen atoms in total. The summed E-state index contributed by atoms with van der Waals surface area (Å²) in [6.07, 6.45) is 0. The van der Waals surface area contributed by atoms with Gasteiger partial charge >= 0.3 is 0 Å². The summed E-state index contributed by atoms with van der Waals surface area (Å²) in [6.45, 7) is 1.88. The molecule has 6 heteroatoms. The minimum Gasteiger partial charge on any atom is -0.483 e. The molecule has 0 spiro atoms. The number of hydrogen-bond acceptors (Lipinski definition) is 4. The third-order valence-corrected chi connectivity index (χ3v) is 5.05. The van der Waals surface area contributed by atoms with Crippen LogP contribution >= 0.6 is 23.2 Å². The third-order valence-electron chi connectivity index (χ3n) is 4.49. The minimum absolute atomic E-state index is 0.536. The molecule has 24 heavy (non-hydrogen) atoms. The van der Waals surface area contributed by atoms with Crippen LogP contribution in [-0.4, -0.2) is 37.6 Å². The van der Waals surface area contributed by atoms with Gasteiger partial charge in [-0.1, -0.05) is 41.4 Å². The van der Waals surface area contributed by atoms with Gasteiger partial charge in [0.2, 0.25) is 5.90 Å². The van der Waals surface area contributed by atoms with Crippen molar-refractivity contribution < 1.29 is 9.47 Å². The summed E-state index contributed by atoms with van der Waals surface area (Å²) in [5.74, 6) is 0.637. The molecule has 0 saturated carbocycles. The van der Waals surface area contributed by atoms with Gasteiger partial charge in [0, 0.05) is 27.7 Å². The number of methoxy groups -OCH3 is 1. The van der Waals surface area contributed by atoms with Crippen molar-refractivity contribution in [3.05, 3.63) is 63.6 Å². The molecule has 2 aliphatic rings. The van der Waals surface area contributed by atoms with Crippen LogP contribution in [0.2, 0.25) is 10.0 Å². The van der Waals surface area contributed by atoms with Crippen molar-refractivity contribution in [1.29, 1.82) is 0 Å². The van der Waals surface area contributed by atoms with Gasteiger partial charge in [-0.05, 0) is 24.3 Å². The van der Waals surface area contributed by atoms with E-state index >= 15 is 0 Å². The van der Waals surface area contributed by atoms with Gasteiger partial charge in [0.15, 0.2) is 5.72 Å². The van der Waals surface area contributed by atoms with E-state index in [0.717, 1.165) is 23.4 Å². The SMILES string of the molecule is COC1=Nc2ccc(Cl)cc2C2(c3ccccc3Cl)OCCN2C1. The molecule has 2 aromatic carbocycles. The molecule has 2 aromatic rings. The van der Waals surface area contributed by atoms with Crippen LogP contribution in [0.25, 0.3) is 0 Å². The van der Waals surface area contributed by atoms with E-state index in [1.54, 1.807) is 7.11 Å². The number of halogens is 2. The Balaban J connectivity index is 2.03. The molecule has 0 radical (unpaired) electrons. The van der Waals surface area contributed by atoms with Crippen molar-refractivity contribution >= 4 is 34.8 Å². The molecule has 4 rings (SSSR count). The van der Waals surface area contributed by atoms with Crippen molar-refractivity contribution in [2.24, 2.45) is 4.99 Å². The summed E-state index contributed by atoms with van der Waals surface area (Å²) < 4.78 is 11.8. The molecule has 0 aliphatic carbocycles. The fourth-order valence-corrected chi connectivity index (χ4v) is 3.88. The highest BCUT2D eigenvalue weighted by Crippen LogP contribution is 2.48. The molecular formula is C18H16Cl2N2O2. The van der Waals surface area contributed by atoms with E-state index in [0.29, 0.717) is 29.1 Å². The van der Waals surface area contributed by atoms with Crippen LogP contribution in [0, 0.1) is 0 Å². The van der Waals surface area contributed by atoms with E-state index < -0.39 is 5.72 Å². The van der Waals surface area contributed by atoms with E-state index in [2.05, 4.69) is 9.89 Å². The van der Waals surface area contributed by atoms with E-state index in [1.165, 1.54) is 0 Å². The standard InChI is InChI=1S/C18H16Cl2N2O2/c1-23-17-11-22-8-9-24-18(22,13-4-2-3-5-15(13)20)14-10-12(19)6-7-16(14)21-17/h2-7,10H,8-9,11H2,1H3. The summed E-state index contributed by atoms with van der Waals surface area (Å²) in [6, 6.07) is 13.3. The zero-order chi connectivity index (χ0) is 16.7. The molecule has 2 heterocycles. The van der Waals surface area contributed by atoms with Crippen molar-refractivity contribution in [3.63, 3.8) is 0 Å². The fraction of sp³-hybridized carbons (Fsp3) is 0.278. The highest BCUT2D eigenvalue weighted by atomic mass is 35.5. The Morgan fingerprint density at radius 1 is 1.17 bits per heavy atom. The molecule has 0 N–H and O–H groups in total. The Morgan fingerprint density at radius 2 is 2.00 bits per heavy atom. The van der Waals surface area contributed by atoms with E-state index in [1.807, 2.05) is 42.5 Å². The molecule has 1 atom stereocenters. The van der Waals surface area contributed by atoms with Crippen molar-refractivity contribution in [3.8, 4) is 0 Å². The largest absolute Gasteiger partial charge is 0.483 e. The second kappa shape index (κ2) is 6.05. The average molecular weight is 363 g/mol. The van der Waals surface area contributed by atoms with E-state index in [4.69, 9.17) is 32.7 Å². The van der Waals surface area contributed by atoms with Crippen LogP contribution in [-0.2, 0) is 15.2 Å². The first-order valence-corrected chi connectivity index (χ1v) is 8.46. The van der Waals surface area contributed by atoms with Crippen molar-refractivity contribution in [1.82, 2.24) is 4.90 Å². The summed E-state index contributed by atoms with van der Waals surface area (Å²) in [7, 11) is 1.63. The van der Waals surface area contributed by atoms with Crippen LogP contribution in [0.3, 0.4) is 0 Å². The number of ether oxygens (including phenoxy) is 2. The molecule has 1 fully saturated rings. The summed E-state index contributed by atoms with van der Waals surface area (Å²) in [4.78, 5) is 6.85. The van der Waals surface area contributed by atoms with E-state index in [9.17, 15) is 0 Å². The lowest BCUT2D eigenvalue weighted by Gasteiger charge is -2.37. The molecule has 1 saturated heterocycles. The van der Waals surface area contributed by atoms with Crippen LogP contribution < -0.4 is 0 Å². The van der Waals surface area contributed by atoms with Gasteiger partial charge in [-0.15, -0.1) is 0 Å². The maximum atomic E-state index is 6.54. The lowest BCUT2D eigenvalue weighted by molar-refractivity contribution is -0.0457. The maximum absolute atomic E-state index is 6.54. The second-order valence-electron chi connectivity index (χ2n) is 5.77. The minimum atomic E-state index is -0.817. The zero-order valence-corrected chi connectivity index (χ0v) is 14.6. The quantitative estimate of drug-likeness (QED) is 0.761. The Kier molecular flexibility index (Phi) is 4.01. The second-order valence-corrected chi connectivity index (χ2v) is 6.61. The van der Waals surface area contributed by atoms with Crippen molar-refractivity contribution in [2.45, 2.75) is 5.72 Å². The molecule has 0 bridgehead atoms. The first-order chi connectivity index (χ1) is 11.6. The normalized spacial score (nSPS) is 23.2. The topological polar surface area (TPSA) is 34.1 Å². The van der Waals surface area contributed by atoms with Gasteiger partial charge in [0.25, 0.3) is 0 Å². The first kappa shape index (κ1) is 15.9. The fourth-order valence-electron chi connectivity index (χ4n) is 3.44. The molecule has 124 valence electrons. The van der Waals surface area contributed by atoms with Crippen LogP contribution in [0.1, 0.15) is 11.1 Å². The van der Waals surface area contributed by atoms with Crippen LogP contribution in [0.5, 0.6) is 0 Å². The lowest BCUT2D eigenvalue weighted by Crippen LogP contribution is -2.45. The Bertz CT molecular complexity index is 824. The lowest BCUT2D eigenvalue weighted by atomic mass is 9.92. The molecule has 0 amide bonds. The van der Waals surface area contributed by atoms with Crippen LogP contribution in [0.4, 0.5) is 5.69 Å². The van der Waals surface area contributed by atoms with Crippen molar-refractivity contribution in [2.75, 3.05) is 26.8 Å². The van der Waals surface area contributed by atoms with Gasteiger partial charge in [0.1, 0.15) is 0 Å². The highest BCUT2D eigenvalue weighted by molar-refractivity contribution is 6.31. The maximum Gasteiger partial charge on any atom is 0.202 e. The predicted octanol–water partition coefficient (Wildman–Crippen LogP) is 4.22. The Labute approximate surface area is 150 Å². The molecule has 0 aromatic heterocycles. The van der Waals surface area contributed by atoms with Gasteiger partial charge in [-0.3, -0.25) is 4.90 Å². The highest BCUT2D eigenvalue weighted by Gasteiger charge is 2.49. The Morgan fingerprint density at radius 3 is 2.79 bits per heavy atom. The number of aliphatic imine (C=N–C) groups is 1. The predicted molar refractivity (Wildman–Crippen MR) is 95.3 cm³/mol. The van der Waals surface area contributed by atoms with Gasteiger partial charge in [0.05, 0.1) is 25.9 Å². The summed E-state index contributed by atoms with van der Waals surface area (Å²) in [5.41, 5.74) is 1.73. The van der Waals surface area contributed by atoms with Gasteiger partial charge in [-0.25, -0.2) is 4.99 Å². The first-order valence-electron chi connectivity index (χ1n) is 7.71. The monoisotopic (exact) mass is 362 g/mol. The number of benzene rings is 2. The number of nitrogens with zero attached hydrogens (tertiary/aromatic N) is 2. The van der Waals surface area contributed by atoms with Gasteiger partial charge < -0.3 is 9.47 Å². The molecular weight excluding hydrogens is 347 g/mol. The van der Waals surface area contributed by atoms with Crippen LogP contribution in [0.15, 0.2) is 47.5 Å². The zero-order valence-electron chi connectivity index (χ0n) is 13.1. The Hall–Kier alpha value is -1.59. The number of hydrogen-bond donors (Lipinski definition) is 0.